The van der Waals surface area contributed by atoms with E-state index in [-0.39, 0.29) is 30.7 Å². The fraction of sp³-hybridized carbons (Fsp3) is 0.769. The second-order valence-corrected chi connectivity index (χ2v) is 6.51. The maximum absolute atomic E-state index is 12.6. The Morgan fingerprint density at radius 2 is 1.91 bits per heavy atom. The van der Waals surface area contributed by atoms with Crippen LogP contribution in [0.3, 0.4) is 0 Å². The number of halogens is 2. The molecule has 0 radical (unpaired) electrons. The first-order chi connectivity index (χ1) is 10.2. The lowest BCUT2D eigenvalue weighted by Crippen LogP contribution is -2.51. The summed E-state index contributed by atoms with van der Waals surface area (Å²) in [6, 6.07) is 0. The van der Waals surface area contributed by atoms with E-state index in [9.17, 15) is 4.79 Å². The van der Waals surface area contributed by atoms with E-state index in [1.54, 1.807) is 0 Å². The Hall–Kier alpha value is -0.830. The highest BCUT2D eigenvalue weighted by molar-refractivity contribution is 7.09. The van der Waals surface area contributed by atoms with Gasteiger partial charge in [-0.15, -0.1) is 24.8 Å². The van der Waals surface area contributed by atoms with E-state index in [4.69, 9.17) is 11.5 Å². The van der Waals surface area contributed by atoms with Crippen LogP contribution in [0.25, 0.3) is 0 Å². The van der Waals surface area contributed by atoms with Gasteiger partial charge >= 0.3 is 0 Å². The van der Waals surface area contributed by atoms with E-state index < -0.39 is 0 Å². The van der Waals surface area contributed by atoms with Crippen LogP contribution >= 0.6 is 36.3 Å². The maximum Gasteiger partial charge on any atom is 0.233 e. The summed E-state index contributed by atoms with van der Waals surface area (Å²) < 4.78 is 4.00. The van der Waals surface area contributed by atoms with E-state index in [1.807, 2.05) is 4.90 Å². The lowest BCUT2D eigenvalue weighted by molar-refractivity contribution is -0.136. The molecule has 7 nitrogen and oxygen atoms in total. The normalized spacial score (nSPS) is 24.0. The van der Waals surface area contributed by atoms with Crippen LogP contribution in [0.5, 0.6) is 0 Å². The Labute approximate surface area is 152 Å². The molecule has 0 unspecified atom stereocenters. The van der Waals surface area contributed by atoms with Crippen molar-refractivity contribution in [3.05, 3.63) is 0 Å². The molecule has 1 saturated heterocycles. The molecule has 4 N–H and O–H groups in total. The SMILES string of the molecule is Cl.Cl.NC[C@H]1CCC[C@H]1C(=O)N1CCN(c2nc(N)ns2)CC1. The number of amides is 1. The zero-order valence-electron chi connectivity index (χ0n) is 12.9. The van der Waals surface area contributed by atoms with Crippen molar-refractivity contribution in [1.82, 2.24) is 14.3 Å². The summed E-state index contributed by atoms with van der Waals surface area (Å²) in [4.78, 5) is 21.0. The molecule has 2 atom stereocenters. The first kappa shape index (κ1) is 20.2. The molecule has 0 bridgehead atoms. The summed E-state index contributed by atoms with van der Waals surface area (Å²) in [6.45, 7) is 3.69. The first-order valence-corrected chi connectivity index (χ1v) is 8.29. The van der Waals surface area contributed by atoms with Gasteiger partial charge in [-0.25, -0.2) is 0 Å². The van der Waals surface area contributed by atoms with E-state index in [0.717, 1.165) is 50.6 Å². The molecule has 2 aliphatic rings. The minimum absolute atomic E-state index is 0. The molecule has 1 aromatic heterocycles. The van der Waals surface area contributed by atoms with Crippen LogP contribution in [0.1, 0.15) is 19.3 Å². The van der Waals surface area contributed by atoms with Gasteiger partial charge in [0, 0.05) is 43.6 Å². The zero-order valence-corrected chi connectivity index (χ0v) is 15.3. The van der Waals surface area contributed by atoms with E-state index in [1.165, 1.54) is 11.5 Å². The predicted octanol–water partition coefficient (Wildman–Crippen LogP) is 0.987. The van der Waals surface area contributed by atoms with Gasteiger partial charge in [-0.2, -0.15) is 9.36 Å². The molecular formula is C13H24Cl2N6OS. The number of rotatable bonds is 3. The number of nitrogens with two attached hydrogens (primary N) is 2. The molecular weight excluding hydrogens is 359 g/mol. The smallest absolute Gasteiger partial charge is 0.233 e. The number of carbonyl (C=O) groups is 1. The molecule has 1 aromatic rings. The maximum atomic E-state index is 12.6. The summed E-state index contributed by atoms with van der Waals surface area (Å²) in [5.41, 5.74) is 11.3. The fourth-order valence-electron chi connectivity index (χ4n) is 3.35. The molecule has 2 fully saturated rings. The average Bonchev–Trinajstić information content (AvgIpc) is 3.15. The fourth-order valence-corrected chi connectivity index (χ4v) is 4.00. The number of carbonyl (C=O) groups excluding carboxylic acids is 1. The molecule has 2 heterocycles. The lowest BCUT2D eigenvalue weighted by Gasteiger charge is -2.36. The Balaban J connectivity index is 0.00000132. The number of anilines is 2. The van der Waals surface area contributed by atoms with Gasteiger partial charge in [0.25, 0.3) is 0 Å². The molecule has 0 spiro atoms. The number of aromatic nitrogens is 2. The number of nitrogens with zero attached hydrogens (tertiary/aromatic N) is 4. The average molecular weight is 383 g/mol. The molecule has 1 amide bonds. The highest BCUT2D eigenvalue weighted by atomic mass is 35.5. The minimum Gasteiger partial charge on any atom is -0.367 e. The molecule has 1 saturated carbocycles. The third-order valence-corrected chi connectivity index (χ3v) is 5.36. The molecule has 0 aromatic carbocycles. The summed E-state index contributed by atoms with van der Waals surface area (Å²) in [6.07, 6.45) is 3.22. The van der Waals surface area contributed by atoms with Gasteiger partial charge in [0.2, 0.25) is 17.0 Å². The van der Waals surface area contributed by atoms with Crippen molar-refractivity contribution >= 4 is 53.3 Å². The Morgan fingerprint density at radius 1 is 1.22 bits per heavy atom. The largest absolute Gasteiger partial charge is 0.367 e. The van der Waals surface area contributed by atoms with E-state index >= 15 is 0 Å². The van der Waals surface area contributed by atoms with Gasteiger partial charge in [-0.05, 0) is 25.3 Å². The monoisotopic (exact) mass is 382 g/mol. The van der Waals surface area contributed by atoms with Crippen LogP contribution in [0, 0.1) is 11.8 Å². The van der Waals surface area contributed by atoms with E-state index in [2.05, 4.69) is 14.3 Å². The quantitative estimate of drug-likeness (QED) is 0.807. The summed E-state index contributed by atoms with van der Waals surface area (Å²) >= 11 is 1.31. The van der Waals surface area contributed by atoms with Crippen LogP contribution in [-0.2, 0) is 4.79 Å². The van der Waals surface area contributed by atoms with Crippen molar-refractivity contribution in [3.63, 3.8) is 0 Å². The predicted molar refractivity (Wildman–Crippen MR) is 97.5 cm³/mol. The highest BCUT2D eigenvalue weighted by Gasteiger charge is 2.35. The standard InChI is InChI=1S/C13H22N6OS.2ClH/c14-8-9-2-1-3-10(9)11(20)18-4-6-19(7-5-18)13-16-12(15)17-21-13;;/h9-10H,1-8,14H2,(H2,15,17);2*1H/t9-,10-;;/m1../s1. The van der Waals surface area contributed by atoms with Gasteiger partial charge in [0.1, 0.15) is 0 Å². The van der Waals surface area contributed by atoms with Gasteiger partial charge in [-0.1, -0.05) is 6.42 Å². The van der Waals surface area contributed by atoms with Crippen LogP contribution in [0.2, 0.25) is 0 Å². The van der Waals surface area contributed by atoms with Crippen LogP contribution in [-0.4, -0.2) is 52.9 Å². The summed E-state index contributed by atoms with van der Waals surface area (Å²) in [7, 11) is 0. The third kappa shape index (κ3) is 4.37. The Morgan fingerprint density at radius 3 is 2.48 bits per heavy atom. The van der Waals surface area contributed by atoms with Gasteiger partial charge in [0.15, 0.2) is 0 Å². The molecule has 10 heteroatoms. The number of hydrogen-bond donors (Lipinski definition) is 2. The molecule has 3 rings (SSSR count). The lowest BCUT2D eigenvalue weighted by atomic mass is 9.94. The number of nitrogen functional groups attached to an aromatic ring is 1. The molecule has 1 aliphatic carbocycles. The number of hydrogen-bond acceptors (Lipinski definition) is 7. The number of piperazine rings is 1. The van der Waals surface area contributed by atoms with Crippen LogP contribution in [0.15, 0.2) is 0 Å². The van der Waals surface area contributed by atoms with Crippen molar-refractivity contribution in [3.8, 4) is 0 Å². The summed E-state index contributed by atoms with van der Waals surface area (Å²) in [5, 5.41) is 0.848. The first-order valence-electron chi connectivity index (χ1n) is 7.52. The third-order valence-electron chi connectivity index (χ3n) is 4.57. The van der Waals surface area contributed by atoms with Crippen molar-refractivity contribution in [1.29, 1.82) is 0 Å². The molecule has 23 heavy (non-hydrogen) atoms. The summed E-state index contributed by atoms with van der Waals surface area (Å²) in [5.74, 6) is 1.13. The van der Waals surface area contributed by atoms with Gasteiger partial charge in [-0.3, -0.25) is 4.79 Å². The van der Waals surface area contributed by atoms with Crippen LogP contribution < -0.4 is 16.4 Å². The van der Waals surface area contributed by atoms with Crippen molar-refractivity contribution < 1.29 is 4.79 Å². The van der Waals surface area contributed by atoms with Gasteiger partial charge < -0.3 is 21.3 Å². The molecule has 132 valence electrons. The van der Waals surface area contributed by atoms with E-state index in [0.29, 0.717) is 24.3 Å². The van der Waals surface area contributed by atoms with Crippen LogP contribution in [0.4, 0.5) is 11.1 Å². The van der Waals surface area contributed by atoms with Crippen molar-refractivity contribution in [2.75, 3.05) is 43.4 Å². The van der Waals surface area contributed by atoms with Crippen molar-refractivity contribution in [2.45, 2.75) is 19.3 Å². The minimum atomic E-state index is 0. The second-order valence-electron chi connectivity index (χ2n) is 5.78. The van der Waals surface area contributed by atoms with Crippen molar-refractivity contribution in [2.24, 2.45) is 17.6 Å². The highest BCUT2D eigenvalue weighted by Crippen LogP contribution is 2.32. The second kappa shape index (κ2) is 8.86. The Kier molecular flexibility index (Phi) is 7.79. The molecule has 1 aliphatic heterocycles. The zero-order chi connectivity index (χ0) is 14.8. The topological polar surface area (TPSA) is 101 Å². The van der Waals surface area contributed by atoms with Gasteiger partial charge in [0.05, 0.1) is 0 Å². The Bertz CT molecular complexity index is 508.